The highest BCUT2D eigenvalue weighted by atomic mass is 35.5. The van der Waals surface area contributed by atoms with E-state index in [4.69, 9.17) is 11.6 Å². The quantitative estimate of drug-likeness (QED) is 0.472. The predicted molar refractivity (Wildman–Crippen MR) is 69.9 cm³/mol. The van der Waals surface area contributed by atoms with E-state index in [1.807, 2.05) is 13.8 Å². The van der Waals surface area contributed by atoms with Crippen molar-refractivity contribution in [3.63, 3.8) is 0 Å². The van der Waals surface area contributed by atoms with Crippen molar-refractivity contribution < 1.29 is 10.0 Å². The van der Waals surface area contributed by atoms with Crippen LogP contribution in [0.5, 0.6) is 0 Å². The van der Waals surface area contributed by atoms with Crippen LogP contribution in [0.1, 0.15) is 20.3 Å². The van der Waals surface area contributed by atoms with Crippen molar-refractivity contribution >= 4 is 23.1 Å². The van der Waals surface area contributed by atoms with E-state index >= 15 is 0 Å². The smallest absolute Gasteiger partial charge is 0.276 e. The first-order valence-electron chi connectivity index (χ1n) is 5.62. The first kappa shape index (κ1) is 14.7. The molecule has 1 heterocycles. The van der Waals surface area contributed by atoms with Crippen LogP contribution in [0.2, 0.25) is 5.15 Å². The fourth-order valence-electron chi connectivity index (χ4n) is 1.53. The summed E-state index contributed by atoms with van der Waals surface area (Å²) in [5.74, 6) is 0.667. The predicted octanol–water partition coefficient (Wildman–Crippen LogP) is 2.46. The van der Waals surface area contributed by atoms with Crippen LogP contribution in [0.4, 0.5) is 11.5 Å². The monoisotopic (exact) mass is 273 g/mol. The lowest BCUT2D eigenvalue weighted by molar-refractivity contribution is -0.384. The third kappa shape index (κ3) is 4.85. The SMILES string of the molecule is CC(C)CC(O)CNc1cc([N+](=O)[O-])cc(Cl)n1. The minimum atomic E-state index is -0.538. The summed E-state index contributed by atoms with van der Waals surface area (Å²) in [6.45, 7) is 4.29. The first-order chi connectivity index (χ1) is 8.38. The van der Waals surface area contributed by atoms with E-state index in [2.05, 4.69) is 10.3 Å². The van der Waals surface area contributed by atoms with Crippen molar-refractivity contribution in [1.82, 2.24) is 4.98 Å². The minimum absolute atomic E-state index is 0.0463. The van der Waals surface area contributed by atoms with Crippen LogP contribution in [-0.2, 0) is 0 Å². The molecule has 0 aromatic carbocycles. The molecule has 1 atom stereocenters. The summed E-state index contributed by atoms with van der Waals surface area (Å²) in [6, 6.07) is 2.46. The maximum atomic E-state index is 10.6. The summed E-state index contributed by atoms with van der Waals surface area (Å²) in [5.41, 5.74) is -0.129. The molecular formula is C11H16ClN3O3. The topological polar surface area (TPSA) is 88.3 Å². The van der Waals surface area contributed by atoms with Crippen molar-refractivity contribution in [3.8, 4) is 0 Å². The number of halogens is 1. The highest BCUT2D eigenvalue weighted by Gasteiger charge is 2.12. The zero-order valence-electron chi connectivity index (χ0n) is 10.3. The fraction of sp³-hybridized carbons (Fsp3) is 0.545. The molecule has 18 heavy (non-hydrogen) atoms. The van der Waals surface area contributed by atoms with Gasteiger partial charge in [0, 0.05) is 6.54 Å². The Morgan fingerprint density at radius 1 is 1.56 bits per heavy atom. The highest BCUT2D eigenvalue weighted by Crippen LogP contribution is 2.20. The number of aliphatic hydroxyl groups is 1. The number of aromatic nitrogens is 1. The third-order valence-corrected chi connectivity index (χ3v) is 2.45. The molecule has 6 nitrogen and oxygen atoms in total. The van der Waals surface area contributed by atoms with Crippen LogP contribution in [0.3, 0.4) is 0 Å². The fourth-order valence-corrected chi connectivity index (χ4v) is 1.73. The number of hydrogen-bond donors (Lipinski definition) is 2. The molecule has 0 spiro atoms. The molecule has 0 aliphatic heterocycles. The van der Waals surface area contributed by atoms with E-state index in [1.165, 1.54) is 12.1 Å². The molecular weight excluding hydrogens is 258 g/mol. The van der Waals surface area contributed by atoms with Crippen molar-refractivity contribution in [2.75, 3.05) is 11.9 Å². The molecule has 0 saturated heterocycles. The number of rotatable bonds is 6. The zero-order chi connectivity index (χ0) is 13.7. The lowest BCUT2D eigenvalue weighted by Gasteiger charge is -2.14. The Morgan fingerprint density at radius 2 is 2.22 bits per heavy atom. The summed E-state index contributed by atoms with van der Waals surface area (Å²) >= 11 is 5.68. The van der Waals surface area contributed by atoms with Crippen LogP contribution in [0.15, 0.2) is 12.1 Å². The van der Waals surface area contributed by atoms with Gasteiger partial charge >= 0.3 is 0 Å². The van der Waals surface area contributed by atoms with Gasteiger partial charge in [-0.1, -0.05) is 25.4 Å². The molecule has 1 rings (SSSR count). The standard InChI is InChI=1S/C11H16ClN3O3/c1-7(2)3-9(16)6-13-11-5-8(15(17)18)4-10(12)14-11/h4-5,7,9,16H,3,6H2,1-2H3,(H,13,14). The number of nitrogens with one attached hydrogen (secondary N) is 1. The minimum Gasteiger partial charge on any atom is -0.391 e. The lowest BCUT2D eigenvalue weighted by Crippen LogP contribution is -2.21. The summed E-state index contributed by atoms with van der Waals surface area (Å²) in [7, 11) is 0. The Kier molecular flexibility index (Phi) is 5.30. The molecule has 0 bridgehead atoms. The van der Waals surface area contributed by atoms with Crippen molar-refractivity contribution in [2.45, 2.75) is 26.4 Å². The Balaban J connectivity index is 2.64. The Hall–Kier alpha value is -1.40. The Morgan fingerprint density at radius 3 is 2.78 bits per heavy atom. The van der Waals surface area contributed by atoms with E-state index in [9.17, 15) is 15.2 Å². The number of aliphatic hydroxyl groups excluding tert-OH is 1. The second kappa shape index (κ2) is 6.51. The maximum Gasteiger partial charge on any atom is 0.276 e. The molecule has 0 saturated carbocycles. The van der Waals surface area contributed by atoms with Gasteiger partial charge in [-0.25, -0.2) is 4.98 Å². The van der Waals surface area contributed by atoms with Gasteiger partial charge in [-0.2, -0.15) is 0 Å². The molecule has 2 N–H and O–H groups in total. The summed E-state index contributed by atoms with van der Waals surface area (Å²) in [4.78, 5) is 14.0. The molecule has 0 aliphatic rings. The van der Waals surface area contributed by atoms with E-state index in [-0.39, 0.29) is 23.2 Å². The van der Waals surface area contributed by atoms with Crippen molar-refractivity contribution in [1.29, 1.82) is 0 Å². The molecule has 1 unspecified atom stereocenters. The van der Waals surface area contributed by atoms with Gasteiger partial charge in [0.1, 0.15) is 11.0 Å². The third-order valence-electron chi connectivity index (χ3n) is 2.25. The second-order valence-electron chi connectivity index (χ2n) is 4.45. The normalized spacial score (nSPS) is 12.5. The van der Waals surface area contributed by atoms with Crippen molar-refractivity contribution in [3.05, 3.63) is 27.4 Å². The average Bonchev–Trinajstić information content (AvgIpc) is 2.24. The van der Waals surface area contributed by atoms with E-state index in [0.717, 1.165) is 0 Å². The summed E-state index contributed by atoms with van der Waals surface area (Å²) in [5, 5.41) is 23.2. The average molecular weight is 274 g/mol. The number of hydrogen-bond acceptors (Lipinski definition) is 5. The van der Waals surface area contributed by atoms with Gasteiger partial charge in [-0.3, -0.25) is 10.1 Å². The number of anilines is 1. The zero-order valence-corrected chi connectivity index (χ0v) is 11.0. The molecule has 1 aromatic heterocycles. The van der Waals surface area contributed by atoms with E-state index in [1.54, 1.807) is 0 Å². The largest absolute Gasteiger partial charge is 0.391 e. The second-order valence-corrected chi connectivity index (χ2v) is 4.84. The molecule has 7 heteroatoms. The Labute approximate surface area is 110 Å². The van der Waals surface area contributed by atoms with Crippen molar-refractivity contribution in [2.24, 2.45) is 5.92 Å². The van der Waals surface area contributed by atoms with Crippen LogP contribution in [0, 0.1) is 16.0 Å². The van der Waals surface area contributed by atoms with Gasteiger partial charge in [-0.15, -0.1) is 0 Å². The molecule has 0 amide bonds. The number of pyridine rings is 1. The lowest BCUT2D eigenvalue weighted by atomic mass is 10.1. The first-order valence-corrected chi connectivity index (χ1v) is 6.00. The molecule has 0 radical (unpaired) electrons. The molecule has 0 aliphatic carbocycles. The van der Waals surface area contributed by atoms with Gasteiger partial charge < -0.3 is 10.4 Å². The number of nitro groups is 1. The van der Waals surface area contributed by atoms with Gasteiger partial charge in [-0.05, 0) is 12.3 Å². The summed E-state index contributed by atoms with van der Waals surface area (Å²) in [6.07, 6.45) is 0.125. The van der Waals surface area contributed by atoms with Crippen LogP contribution in [-0.4, -0.2) is 27.7 Å². The van der Waals surface area contributed by atoms with Crippen LogP contribution < -0.4 is 5.32 Å². The molecule has 0 fully saturated rings. The van der Waals surface area contributed by atoms with Gasteiger partial charge in [0.25, 0.3) is 5.69 Å². The van der Waals surface area contributed by atoms with E-state index in [0.29, 0.717) is 12.3 Å². The highest BCUT2D eigenvalue weighted by molar-refractivity contribution is 6.29. The van der Waals surface area contributed by atoms with Crippen LogP contribution in [0.25, 0.3) is 0 Å². The molecule has 1 aromatic rings. The van der Waals surface area contributed by atoms with Gasteiger partial charge in [0.2, 0.25) is 0 Å². The summed E-state index contributed by atoms with van der Waals surface area (Å²) < 4.78 is 0. The van der Waals surface area contributed by atoms with Gasteiger partial charge in [0.15, 0.2) is 0 Å². The number of nitrogens with zero attached hydrogens (tertiary/aromatic N) is 2. The molecule has 100 valence electrons. The van der Waals surface area contributed by atoms with Crippen LogP contribution >= 0.6 is 11.6 Å². The Bertz CT molecular complexity index is 426. The van der Waals surface area contributed by atoms with E-state index < -0.39 is 11.0 Å². The maximum absolute atomic E-state index is 10.6. The van der Waals surface area contributed by atoms with Gasteiger partial charge in [0.05, 0.1) is 23.2 Å².